The SMILES string of the molecule is Cc1cc(CNC(=O)OC(C)(C)C)cc(Oc2cccc(C(=O)NCCCCc3cn(CCCNC(=O)CCCCCN4C(=CC=CC5=[N+](C)c6ccccc6C5(C)C)C(C)(C)c5ccccc54)nn3)c2)n1. The predicted octanol–water partition coefficient (Wildman–Crippen LogP) is 10.6. The molecule has 0 spiro atoms. The van der Waals surface area contributed by atoms with Crippen LogP contribution in [-0.2, 0) is 39.9 Å². The van der Waals surface area contributed by atoms with Crippen LogP contribution in [0.4, 0.5) is 16.2 Å². The summed E-state index contributed by atoms with van der Waals surface area (Å²) in [6, 6.07) is 28.0. The topological polar surface area (TPSA) is 156 Å². The molecule has 0 radical (unpaired) electrons. The average molecular weight is 977 g/mol. The molecule has 4 heterocycles. The number of aryl methyl sites for hydroxylation is 3. The van der Waals surface area contributed by atoms with Crippen LogP contribution in [0.1, 0.15) is 132 Å². The number of nitrogens with one attached hydrogen (secondary N) is 3. The van der Waals surface area contributed by atoms with E-state index >= 15 is 0 Å². The summed E-state index contributed by atoms with van der Waals surface area (Å²) in [5.41, 5.74) is 9.92. The van der Waals surface area contributed by atoms with E-state index in [4.69, 9.17) is 9.47 Å². The number of hydrogen-bond donors (Lipinski definition) is 3. The van der Waals surface area contributed by atoms with Gasteiger partial charge in [0.05, 0.1) is 11.1 Å². The Hall–Kier alpha value is -7.09. The lowest BCUT2D eigenvalue weighted by Gasteiger charge is -2.27. The second-order valence-corrected chi connectivity index (χ2v) is 20.9. The quantitative estimate of drug-likeness (QED) is 0.0454. The van der Waals surface area contributed by atoms with Crippen molar-refractivity contribution in [2.24, 2.45) is 0 Å². The Labute approximate surface area is 426 Å². The molecule has 0 saturated heterocycles. The number of rotatable bonds is 22. The smallest absolute Gasteiger partial charge is 0.407 e. The van der Waals surface area contributed by atoms with E-state index in [2.05, 4.69) is 142 Å². The number of amides is 3. The van der Waals surface area contributed by atoms with Gasteiger partial charge >= 0.3 is 6.09 Å². The third-order valence-corrected chi connectivity index (χ3v) is 13.3. The summed E-state index contributed by atoms with van der Waals surface area (Å²) in [5, 5.41) is 17.5. The molecule has 0 fully saturated rings. The van der Waals surface area contributed by atoms with E-state index in [1.807, 2.05) is 44.6 Å². The first-order chi connectivity index (χ1) is 34.4. The molecule has 380 valence electrons. The number of para-hydroxylation sites is 2. The van der Waals surface area contributed by atoms with Gasteiger partial charge in [-0.1, -0.05) is 74.0 Å². The van der Waals surface area contributed by atoms with E-state index < -0.39 is 11.7 Å². The van der Waals surface area contributed by atoms with Crippen molar-refractivity contribution in [2.45, 2.75) is 136 Å². The third kappa shape index (κ3) is 13.6. The normalized spacial score (nSPS) is 15.2. The first-order valence-corrected chi connectivity index (χ1v) is 25.5. The van der Waals surface area contributed by atoms with Crippen molar-refractivity contribution in [2.75, 3.05) is 31.6 Å². The number of anilines is 1. The van der Waals surface area contributed by atoms with Crippen LogP contribution in [0.15, 0.2) is 115 Å². The highest BCUT2D eigenvalue weighted by atomic mass is 16.6. The van der Waals surface area contributed by atoms with Gasteiger partial charge in [0.1, 0.15) is 18.4 Å². The van der Waals surface area contributed by atoms with Gasteiger partial charge < -0.3 is 30.3 Å². The van der Waals surface area contributed by atoms with Crippen LogP contribution in [0.3, 0.4) is 0 Å². The molecular weight excluding hydrogens is 903 g/mol. The van der Waals surface area contributed by atoms with Crippen molar-refractivity contribution in [3.8, 4) is 11.6 Å². The Morgan fingerprint density at radius 2 is 1.56 bits per heavy atom. The zero-order valence-electron chi connectivity index (χ0n) is 43.8. The van der Waals surface area contributed by atoms with Gasteiger partial charge in [-0.25, -0.2) is 9.78 Å². The average Bonchev–Trinajstić information content (AvgIpc) is 3.94. The molecule has 3 amide bonds. The van der Waals surface area contributed by atoms with Crippen molar-refractivity contribution in [1.82, 2.24) is 35.9 Å². The predicted molar refractivity (Wildman–Crippen MR) is 284 cm³/mol. The Morgan fingerprint density at radius 3 is 2.35 bits per heavy atom. The molecule has 14 nitrogen and oxygen atoms in total. The van der Waals surface area contributed by atoms with Crippen LogP contribution < -0.4 is 25.6 Å². The fraction of sp³-hybridized carbons (Fsp3) is 0.431. The van der Waals surface area contributed by atoms with Crippen LogP contribution in [0.25, 0.3) is 0 Å². The minimum Gasteiger partial charge on any atom is -0.444 e. The Balaban J connectivity index is 0.768. The van der Waals surface area contributed by atoms with E-state index in [9.17, 15) is 14.4 Å². The molecule has 2 aliphatic heterocycles. The second-order valence-electron chi connectivity index (χ2n) is 20.9. The number of nitrogens with zero attached hydrogens (tertiary/aromatic N) is 6. The second kappa shape index (κ2) is 23.4. The van der Waals surface area contributed by atoms with E-state index in [0.29, 0.717) is 43.2 Å². The lowest BCUT2D eigenvalue weighted by Crippen LogP contribution is -2.32. The van der Waals surface area contributed by atoms with Crippen LogP contribution in [-0.4, -0.2) is 80.5 Å². The van der Waals surface area contributed by atoms with E-state index in [1.165, 1.54) is 33.9 Å². The molecule has 7 rings (SSSR count). The molecule has 2 aliphatic rings. The minimum atomic E-state index is -0.592. The fourth-order valence-corrected chi connectivity index (χ4v) is 9.67. The van der Waals surface area contributed by atoms with Crippen LogP contribution in [0.5, 0.6) is 11.6 Å². The van der Waals surface area contributed by atoms with Gasteiger partial charge in [0.2, 0.25) is 17.5 Å². The van der Waals surface area contributed by atoms with Gasteiger partial charge in [-0.05, 0) is 128 Å². The lowest BCUT2D eigenvalue weighted by molar-refractivity contribution is -0.401. The first-order valence-electron chi connectivity index (χ1n) is 25.5. The number of unbranched alkanes of at least 4 members (excludes halogenated alkanes) is 3. The van der Waals surface area contributed by atoms with Gasteiger partial charge in [0.15, 0.2) is 5.71 Å². The third-order valence-electron chi connectivity index (χ3n) is 13.3. The molecule has 0 aliphatic carbocycles. The minimum absolute atomic E-state index is 0.0766. The molecule has 0 unspecified atom stereocenters. The summed E-state index contributed by atoms with van der Waals surface area (Å²) in [6.07, 6.45) is 14.7. The van der Waals surface area contributed by atoms with Gasteiger partial charge in [0.25, 0.3) is 5.91 Å². The zero-order chi connectivity index (χ0) is 51.5. The highest BCUT2D eigenvalue weighted by Crippen LogP contribution is 2.48. The van der Waals surface area contributed by atoms with Gasteiger partial charge in [-0.2, -0.15) is 4.58 Å². The molecule has 2 aromatic heterocycles. The first kappa shape index (κ1) is 52.7. The number of carbonyl (C=O) groups is 3. The maximum atomic E-state index is 13.0. The van der Waals surface area contributed by atoms with Crippen LogP contribution in [0.2, 0.25) is 0 Å². The van der Waals surface area contributed by atoms with Gasteiger partial charge in [-0.15, -0.1) is 5.10 Å². The van der Waals surface area contributed by atoms with Crippen molar-refractivity contribution >= 4 is 35.0 Å². The number of carbonyl (C=O) groups excluding carboxylic acids is 3. The molecule has 0 atom stereocenters. The summed E-state index contributed by atoms with van der Waals surface area (Å²) in [6.45, 7) is 19.4. The summed E-state index contributed by atoms with van der Waals surface area (Å²) >= 11 is 0. The molecule has 3 aromatic carbocycles. The maximum Gasteiger partial charge on any atom is 0.407 e. The molecule has 0 saturated carbocycles. The van der Waals surface area contributed by atoms with Crippen molar-refractivity contribution < 1.29 is 28.4 Å². The van der Waals surface area contributed by atoms with E-state index in [1.54, 1.807) is 30.3 Å². The number of pyridine rings is 1. The van der Waals surface area contributed by atoms with Gasteiger partial charge in [-0.3, -0.25) is 14.3 Å². The fourth-order valence-electron chi connectivity index (χ4n) is 9.67. The molecule has 3 N–H and O–H groups in total. The summed E-state index contributed by atoms with van der Waals surface area (Å²) in [5.74, 6) is 0.722. The van der Waals surface area contributed by atoms with Gasteiger partial charge in [0, 0.05) is 97.2 Å². The Bertz CT molecular complexity index is 2820. The highest BCUT2D eigenvalue weighted by molar-refractivity contribution is 6.03. The number of ether oxygens (including phenoxy) is 2. The van der Waals surface area contributed by atoms with Crippen molar-refractivity contribution in [3.05, 3.63) is 149 Å². The van der Waals surface area contributed by atoms with Crippen LogP contribution in [0, 0.1) is 6.92 Å². The van der Waals surface area contributed by atoms with Crippen LogP contribution >= 0.6 is 0 Å². The number of hydrogen-bond acceptors (Lipinski definition) is 9. The lowest BCUT2D eigenvalue weighted by atomic mass is 9.81. The number of allylic oxidation sites excluding steroid dienone is 4. The highest BCUT2D eigenvalue weighted by Gasteiger charge is 2.43. The maximum absolute atomic E-state index is 13.0. The summed E-state index contributed by atoms with van der Waals surface area (Å²) in [4.78, 5) is 44.9. The zero-order valence-corrected chi connectivity index (χ0v) is 43.8. The van der Waals surface area contributed by atoms with E-state index in [-0.39, 0.29) is 29.2 Å². The molecular formula is C58H74N9O5+. The largest absolute Gasteiger partial charge is 0.444 e. The van der Waals surface area contributed by atoms with E-state index in [0.717, 1.165) is 68.4 Å². The molecule has 5 aromatic rings. The van der Waals surface area contributed by atoms with Crippen molar-refractivity contribution in [3.63, 3.8) is 0 Å². The Morgan fingerprint density at radius 1 is 0.792 bits per heavy atom. The number of aromatic nitrogens is 4. The molecule has 14 heteroatoms. The van der Waals surface area contributed by atoms with Crippen molar-refractivity contribution in [1.29, 1.82) is 0 Å². The molecule has 0 bridgehead atoms. The molecule has 72 heavy (non-hydrogen) atoms. The number of fused-ring (bicyclic) bond motifs is 2. The Kier molecular flexibility index (Phi) is 17.2. The summed E-state index contributed by atoms with van der Waals surface area (Å²) in [7, 11) is 2.16. The summed E-state index contributed by atoms with van der Waals surface area (Å²) < 4.78 is 15.5. The standard InChI is InChI=1S/C58H73N9O5/c1-41-36-42(39-61-55(70)72-56(2,3)4)37-53(62-41)71-45-24-19-22-43(38-45)54(69)60-32-17-16-23-44-40-66(64-63-44)34-21-33-59-52(68)31-11-10-18-35-67-49-28-15-13-26-47(49)58(7,8)51(67)30-20-29-50-57(5,6)46-25-12-14-27-48(46)65(50)9/h12-15,19-20,22,24-30,36-38,40H,10-11,16-18,21,23,31-35,39H2,1-9H3,(H2-,59,60,61,68,69,70)/p+1. The number of alkyl carbamates (subject to hydrolysis) is 1. The monoisotopic (exact) mass is 977 g/mol. The number of benzene rings is 3.